The second-order valence-corrected chi connectivity index (χ2v) is 5.60. The molecule has 0 aliphatic heterocycles. The van der Waals surface area contributed by atoms with Gasteiger partial charge in [0, 0.05) is 12.0 Å². The zero-order chi connectivity index (χ0) is 14.6. The van der Waals surface area contributed by atoms with E-state index >= 15 is 0 Å². The van der Waals surface area contributed by atoms with E-state index < -0.39 is 11.2 Å². The number of hydrogen-bond donors (Lipinski definition) is 3. The van der Waals surface area contributed by atoms with Crippen LogP contribution in [-0.4, -0.2) is 17.6 Å². The molecule has 4 N–H and O–H groups in total. The van der Waals surface area contributed by atoms with Crippen molar-refractivity contribution < 1.29 is 9.60 Å². The Morgan fingerprint density at radius 1 is 1.42 bits per heavy atom. The van der Waals surface area contributed by atoms with Crippen molar-refractivity contribution in [1.82, 2.24) is 0 Å². The lowest BCUT2D eigenvalue weighted by Gasteiger charge is -2.23. The molecule has 0 amide bonds. The van der Waals surface area contributed by atoms with Crippen LogP contribution in [0.3, 0.4) is 0 Å². The Hall–Kier alpha value is -1.20. The molecule has 0 saturated carbocycles. The van der Waals surface area contributed by atoms with Gasteiger partial charge in [0.15, 0.2) is 0 Å². The van der Waals surface area contributed by atoms with Gasteiger partial charge in [-0.3, -0.25) is 0 Å². The molecule has 0 radical (unpaired) electrons. The van der Waals surface area contributed by atoms with Crippen LogP contribution in [0.4, 0.5) is 10.1 Å². The summed E-state index contributed by atoms with van der Waals surface area (Å²) in [7, 11) is 0. The average Bonchev–Trinajstić information content (AvgIpc) is 2.31. The number of nitrogens with two attached hydrogens (primary N) is 1. The van der Waals surface area contributed by atoms with Crippen molar-refractivity contribution in [3.8, 4) is 0 Å². The number of halogens is 3. The Kier molecular flexibility index (Phi) is 5.26. The summed E-state index contributed by atoms with van der Waals surface area (Å²) in [6, 6.07) is 2.37. The first kappa shape index (κ1) is 15.9. The van der Waals surface area contributed by atoms with Crippen molar-refractivity contribution in [2.24, 2.45) is 16.3 Å². The molecule has 0 bridgehead atoms. The van der Waals surface area contributed by atoms with Crippen molar-refractivity contribution in [2.45, 2.75) is 20.3 Å². The molecule has 0 atom stereocenters. The molecule has 0 saturated heterocycles. The van der Waals surface area contributed by atoms with E-state index in [1.165, 1.54) is 12.1 Å². The lowest BCUT2D eigenvalue weighted by molar-refractivity contribution is 0.306. The van der Waals surface area contributed by atoms with Crippen LogP contribution in [0, 0.1) is 11.2 Å². The summed E-state index contributed by atoms with van der Waals surface area (Å²) in [6.45, 7) is 4.18. The molecular weight excluding hydrogens is 292 g/mol. The van der Waals surface area contributed by atoms with Gasteiger partial charge in [-0.1, -0.05) is 42.2 Å². The first-order chi connectivity index (χ1) is 8.77. The van der Waals surface area contributed by atoms with Gasteiger partial charge in [0.2, 0.25) is 0 Å². The zero-order valence-electron chi connectivity index (χ0n) is 10.7. The van der Waals surface area contributed by atoms with Crippen molar-refractivity contribution in [3.63, 3.8) is 0 Å². The summed E-state index contributed by atoms with van der Waals surface area (Å²) in [5, 5.41) is 15.1. The van der Waals surface area contributed by atoms with Gasteiger partial charge in [-0.2, -0.15) is 0 Å². The number of rotatable bonds is 5. The Morgan fingerprint density at radius 3 is 2.42 bits per heavy atom. The second kappa shape index (κ2) is 6.30. The standard InChI is InChI=1S/C12H16Cl2FN3O/c1-12(2,11(16)18-19)3-4-17-10-8(13)5-7(15)6-9(10)14/h5-6,17,19H,3-4H2,1-2H3,(H2,16,18). The van der Waals surface area contributed by atoms with E-state index in [2.05, 4.69) is 10.5 Å². The lowest BCUT2D eigenvalue weighted by atomic mass is 9.88. The molecule has 0 spiro atoms. The Labute approximate surface area is 121 Å². The molecule has 7 heteroatoms. The predicted molar refractivity (Wildman–Crippen MR) is 76.7 cm³/mol. The van der Waals surface area contributed by atoms with E-state index in [9.17, 15) is 4.39 Å². The number of hydrogen-bond acceptors (Lipinski definition) is 3. The van der Waals surface area contributed by atoms with E-state index in [4.69, 9.17) is 34.1 Å². The van der Waals surface area contributed by atoms with Crippen LogP contribution in [-0.2, 0) is 0 Å². The summed E-state index contributed by atoms with van der Waals surface area (Å²) >= 11 is 11.8. The fourth-order valence-electron chi connectivity index (χ4n) is 1.47. The molecule has 19 heavy (non-hydrogen) atoms. The molecule has 0 fully saturated rings. The number of amidine groups is 1. The van der Waals surface area contributed by atoms with E-state index in [1.807, 2.05) is 13.8 Å². The van der Waals surface area contributed by atoms with Crippen LogP contribution in [0.15, 0.2) is 17.3 Å². The molecule has 4 nitrogen and oxygen atoms in total. The highest BCUT2D eigenvalue weighted by atomic mass is 35.5. The molecule has 1 aromatic rings. The molecule has 0 aliphatic carbocycles. The van der Waals surface area contributed by atoms with Crippen LogP contribution in [0.5, 0.6) is 0 Å². The number of oxime groups is 1. The molecule has 0 aliphatic rings. The van der Waals surface area contributed by atoms with Gasteiger partial charge in [0.05, 0.1) is 15.7 Å². The first-order valence-electron chi connectivity index (χ1n) is 5.64. The molecule has 1 rings (SSSR count). The zero-order valence-corrected chi connectivity index (χ0v) is 12.2. The monoisotopic (exact) mass is 307 g/mol. The SMILES string of the molecule is CC(C)(CCNc1c(Cl)cc(F)cc1Cl)C(N)=NO. The molecule has 0 heterocycles. The van der Waals surface area contributed by atoms with Crippen LogP contribution in [0.1, 0.15) is 20.3 Å². The highest BCUT2D eigenvalue weighted by Crippen LogP contribution is 2.32. The molecule has 0 aromatic heterocycles. The number of nitrogens with zero attached hydrogens (tertiary/aromatic N) is 1. The maximum absolute atomic E-state index is 13.0. The normalized spacial score (nSPS) is 12.6. The van der Waals surface area contributed by atoms with Gasteiger partial charge in [-0.25, -0.2) is 4.39 Å². The summed E-state index contributed by atoms with van der Waals surface area (Å²) in [5.74, 6) is -0.344. The minimum absolute atomic E-state index is 0.144. The average molecular weight is 308 g/mol. The van der Waals surface area contributed by atoms with Crippen LogP contribution in [0.2, 0.25) is 10.0 Å². The van der Waals surface area contributed by atoms with Crippen LogP contribution >= 0.6 is 23.2 Å². The molecular formula is C12H16Cl2FN3O. The highest BCUT2D eigenvalue weighted by Gasteiger charge is 2.23. The fraction of sp³-hybridized carbons (Fsp3) is 0.417. The molecule has 106 valence electrons. The van der Waals surface area contributed by atoms with Crippen LogP contribution < -0.4 is 11.1 Å². The Morgan fingerprint density at radius 2 is 1.95 bits per heavy atom. The van der Waals surface area contributed by atoms with Gasteiger partial charge >= 0.3 is 0 Å². The van der Waals surface area contributed by atoms with E-state index in [1.54, 1.807) is 0 Å². The maximum atomic E-state index is 13.0. The third-order valence-corrected chi connectivity index (χ3v) is 3.46. The third-order valence-electron chi connectivity index (χ3n) is 2.86. The van der Waals surface area contributed by atoms with E-state index in [0.717, 1.165) is 0 Å². The van der Waals surface area contributed by atoms with Gasteiger partial charge in [-0.15, -0.1) is 0 Å². The van der Waals surface area contributed by atoms with Gasteiger partial charge in [0.25, 0.3) is 0 Å². The number of nitrogens with one attached hydrogen (secondary N) is 1. The quantitative estimate of drug-likeness (QED) is 0.336. The van der Waals surface area contributed by atoms with Crippen molar-refractivity contribution in [3.05, 3.63) is 28.0 Å². The van der Waals surface area contributed by atoms with E-state index in [0.29, 0.717) is 18.7 Å². The van der Waals surface area contributed by atoms with Gasteiger partial charge in [-0.05, 0) is 18.6 Å². The van der Waals surface area contributed by atoms with Crippen molar-refractivity contribution in [2.75, 3.05) is 11.9 Å². The molecule has 1 aromatic carbocycles. The minimum Gasteiger partial charge on any atom is -0.409 e. The summed E-state index contributed by atoms with van der Waals surface area (Å²) < 4.78 is 13.0. The highest BCUT2D eigenvalue weighted by molar-refractivity contribution is 6.39. The minimum atomic E-state index is -0.488. The molecule has 0 unspecified atom stereocenters. The largest absolute Gasteiger partial charge is 0.409 e. The number of benzene rings is 1. The topological polar surface area (TPSA) is 70.6 Å². The summed E-state index contributed by atoms with van der Waals surface area (Å²) in [6.07, 6.45) is 0.590. The van der Waals surface area contributed by atoms with Crippen LogP contribution in [0.25, 0.3) is 0 Å². The van der Waals surface area contributed by atoms with Gasteiger partial charge in [0.1, 0.15) is 11.7 Å². The van der Waals surface area contributed by atoms with E-state index in [-0.39, 0.29) is 15.9 Å². The number of anilines is 1. The predicted octanol–water partition coefficient (Wildman–Crippen LogP) is 3.71. The summed E-state index contributed by atoms with van der Waals surface area (Å²) in [5.41, 5.74) is 5.58. The third kappa shape index (κ3) is 4.14. The maximum Gasteiger partial charge on any atom is 0.144 e. The van der Waals surface area contributed by atoms with Crippen molar-refractivity contribution in [1.29, 1.82) is 0 Å². The second-order valence-electron chi connectivity index (χ2n) is 4.79. The smallest absolute Gasteiger partial charge is 0.144 e. The first-order valence-corrected chi connectivity index (χ1v) is 6.40. The Balaban J connectivity index is 2.69. The van der Waals surface area contributed by atoms with Crippen molar-refractivity contribution >= 4 is 34.7 Å². The lowest BCUT2D eigenvalue weighted by Crippen LogP contribution is -2.33. The Bertz CT molecular complexity index is 469. The fourth-order valence-corrected chi connectivity index (χ4v) is 2.07. The van der Waals surface area contributed by atoms with Gasteiger partial charge < -0.3 is 16.3 Å². The summed E-state index contributed by atoms with van der Waals surface area (Å²) in [4.78, 5) is 0.